The molecule has 1 atom stereocenters. The van der Waals surface area contributed by atoms with Gasteiger partial charge in [0.15, 0.2) is 0 Å². The maximum atomic E-state index is 4.44. The number of hydrogen-bond donors (Lipinski definition) is 1. The Morgan fingerprint density at radius 1 is 1.42 bits per heavy atom. The molecule has 3 rings (SSSR count). The minimum absolute atomic E-state index is 0.423. The summed E-state index contributed by atoms with van der Waals surface area (Å²) in [5, 5.41) is 8.12. The first-order valence-electron chi connectivity index (χ1n) is 7.39. The van der Waals surface area contributed by atoms with E-state index in [1.54, 1.807) is 6.20 Å². The van der Waals surface area contributed by atoms with E-state index < -0.39 is 0 Å². The van der Waals surface area contributed by atoms with Crippen molar-refractivity contribution in [1.82, 2.24) is 19.9 Å². The van der Waals surface area contributed by atoms with Gasteiger partial charge in [-0.15, -0.1) is 0 Å². The average molecular weight is 258 g/mol. The molecule has 102 valence electrons. The lowest BCUT2D eigenvalue weighted by Gasteiger charge is -2.30. The number of fused-ring (bicyclic) bond motifs is 1. The third-order valence-corrected chi connectivity index (χ3v) is 4.16. The molecule has 1 aliphatic carbocycles. The van der Waals surface area contributed by atoms with Gasteiger partial charge in [0.05, 0.1) is 17.9 Å². The van der Waals surface area contributed by atoms with E-state index in [1.807, 2.05) is 23.1 Å². The normalized spacial score (nSPS) is 17.5. The van der Waals surface area contributed by atoms with Gasteiger partial charge in [-0.3, -0.25) is 4.98 Å². The van der Waals surface area contributed by atoms with E-state index in [-0.39, 0.29) is 0 Å². The van der Waals surface area contributed by atoms with Gasteiger partial charge in [-0.2, -0.15) is 5.10 Å². The van der Waals surface area contributed by atoms with Crippen LogP contribution in [0.1, 0.15) is 50.6 Å². The Labute approximate surface area is 114 Å². The molecule has 1 aliphatic rings. The minimum atomic E-state index is 0.423. The second-order valence-electron chi connectivity index (χ2n) is 5.55. The Balaban J connectivity index is 1.84. The zero-order chi connectivity index (χ0) is 13.1. The van der Waals surface area contributed by atoms with Crippen molar-refractivity contribution in [1.29, 1.82) is 0 Å². The monoisotopic (exact) mass is 258 g/mol. The molecule has 4 heteroatoms. The first-order chi connectivity index (χ1) is 9.38. The first kappa shape index (κ1) is 12.6. The van der Waals surface area contributed by atoms with E-state index in [9.17, 15) is 0 Å². The van der Waals surface area contributed by atoms with E-state index in [0.29, 0.717) is 6.04 Å². The zero-order valence-corrected chi connectivity index (χ0v) is 11.5. The lowest BCUT2D eigenvalue weighted by atomic mass is 9.80. The first-order valence-corrected chi connectivity index (χ1v) is 7.39. The molecular weight excluding hydrogens is 236 g/mol. The van der Waals surface area contributed by atoms with Crippen molar-refractivity contribution in [2.45, 2.75) is 45.1 Å². The Kier molecular flexibility index (Phi) is 3.78. The minimum Gasteiger partial charge on any atom is -0.310 e. The van der Waals surface area contributed by atoms with Crippen molar-refractivity contribution in [3.8, 4) is 0 Å². The number of aromatic nitrogens is 3. The molecule has 1 saturated carbocycles. The van der Waals surface area contributed by atoms with Gasteiger partial charge < -0.3 is 5.32 Å². The molecule has 0 bridgehead atoms. The highest BCUT2D eigenvalue weighted by atomic mass is 15.2. The van der Waals surface area contributed by atoms with Gasteiger partial charge in [-0.1, -0.05) is 26.2 Å². The van der Waals surface area contributed by atoms with Gasteiger partial charge in [0.25, 0.3) is 0 Å². The highest BCUT2D eigenvalue weighted by molar-refractivity contribution is 5.53. The zero-order valence-electron chi connectivity index (χ0n) is 11.5. The number of hydrogen-bond acceptors (Lipinski definition) is 3. The molecule has 2 aromatic rings. The molecule has 2 aromatic heterocycles. The average Bonchev–Trinajstić information content (AvgIpc) is 2.81. The van der Waals surface area contributed by atoms with Crippen molar-refractivity contribution in [3.05, 3.63) is 30.4 Å². The number of nitrogens with one attached hydrogen (secondary N) is 1. The summed E-state index contributed by atoms with van der Waals surface area (Å²) in [7, 11) is 0. The van der Waals surface area contributed by atoms with Crippen LogP contribution in [0.25, 0.3) is 5.52 Å². The topological polar surface area (TPSA) is 42.2 Å². The predicted octanol–water partition coefficient (Wildman–Crippen LogP) is 2.96. The predicted molar refractivity (Wildman–Crippen MR) is 76.0 cm³/mol. The quantitative estimate of drug-likeness (QED) is 0.866. The molecule has 0 spiro atoms. The summed E-state index contributed by atoms with van der Waals surface area (Å²) in [4.78, 5) is 4.23. The maximum Gasteiger partial charge on any atom is 0.0892 e. The van der Waals surface area contributed by atoms with Crippen LogP contribution in [0.3, 0.4) is 0 Å². The molecule has 0 amide bonds. The third kappa shape index (κ3) is 2.63. The highest BCUT2D eigenvalue weighted by Crippen LogP contribution is 2.35. The highest BCUT2D eigenvalue weighted by Gasteiger charge is 2.24. The fraction of sp³-hybridized carbons (Fsp3) is 0.600. The SMILES string of the molecule is CCCNC(CC1CCC1)c1cnn2ccncc12. The van der Waals surface area contributed by atoms with Crippen molar-refractivity contribution >= 4 is 5.52 Å². The number of nitrogens with zero attached hydrogens (tertiary/aromatic N) is 3. The Morgan fingerprint density at radius 3 is 3.05 bits per heavy atom. The van der Waals surface area contributed by atoms with Gasteiger partial charge in [0.1, 0.15) is 0 Å². The lowest BCUT2D eigenvalue weighted by molar-refractivity contribution is 0.261. The van der Waals surface area contributed by atoms with E-state index in [4.69, 9.17) is 0 Å². The molecule has 19 heavy (non-hydrogen) atoms. The summed E-state index contributed by atoms with van der Waals surface area (Å²) in [6, 6.07) is 0.423. The smallest absolute Gasteiger partial charge is 0.0892 e. The molecule has 0 saturated heterocycles. The van der Waals surface area contributed by atoms with Crippen LogP contribution in [-0.2, 0) is 0 Å². The standard InChI is InChI=1S/C15H22N4/c1-2-6-17-14(9-12-4-3-5-12)13-10-18-19-8-7-16-11-15(13)19/h7-8,10-12,14,17H,2-6,9H2,1H3. The maximum absolute atomic E-state index is 4.44. The molecule has 0 aliphatic heterocycles. The van der Waals surface area contributed by atoms with Crippen LogP contribution in [0, 0.1) is 5.92 Å². The van der Waals surface area contributed by atoms with Gasteiger partial charge in [-0.25, -0.2) is 4.52 Å². The van der Waals surface area contributed by atoms with Crippen molar-refractivity contribution in [2.24, 2.45) is 5.92 Å². The fourth-order valence-electron chi connectivity index (χ4n) is 2.82. The number of rotatable bonds is 6. The summed E-state index contributed by atoms with van der Waals surface area (Å²) >= 11 is 0. The van der Waals surface area contributed by atoms with Gasteiger partial charge in [-0.05, 0) is 25.3 Å². The summed E-state index contributed by atoms with van der Waals surface area (Å²) in [5.41, 5.74) is 2.43. The van der Waals surface area contributed by atoms with Crippen LogP contribution in [0.15, 0.2) is 24.8 Å². The van der Waals surface area contributed by atoms with Crippen molar-refractivity contribution in [2.75, 3.05) is 6.54 Å². The second kappa shape index (κ2) is 5.70. The van der Waals surface area contributed by atoms with Crippen LogP contribution in [0.4, 0.5) is 0 Å². The molecule has 1 N–H and O–H groups in total. The Morgan fingerprint density at radius 2 is 2.32 bits per heavy atom. The van der Waals surface area contributed by atoms with E-state index in [0.717, 1.165) is 18.0 Å². The van der Waals surface area contributed by atoms with E-state index in [2.05, 4.69) is 22.3 Å². The van der Waals surface area contributed by atoms with Crippen molar-refractivity contribution < 1.29 is 0 Å². The fourth-order valence-corrected chi connectivity index (χ4v) is 2.82. The van der Waals surface area contributed by atoms with Crippen LogP contribution in [0.2, 0.25) is 0 Å². The third-order valence-electron chi connectivity index (χ3n) is 4.16. The molecule has 4 nitrogen and oxygen atoms in total. The molecule has 1 unspecified atom stereocenters. The van der Waals surface area contributed by atoms with Crippen LogP contribution >= 0.6 is 0 Å². The van der Waals surface area contributed by atoms with E-state index >= 15 is 0 Å². The molecular formula is C15H22N4. The van der Waals surface area contributed by atoms with E-state index in [1.165, 1.54) is 37.7 Å². The second-order valence-corrected chi connectivity index (χ2v) is 5.55. The van der Waals surface area contributed by atoms with Crippen LogP contribution < -0.4 is 5.32 Å². The summed E-state index contributed by atoms with van der Waals surface area (Å²) in [5.74, 6) is 0.890. The summed E-state index contributed by atoms with van der Waals surface area (Å²) in [6.07, 6.45) is 14.2. The van der Waals surface area contributed by atoms with Gasteiger partial charge >= 0.3 is 0 Å². The molecule has 0 radical (unpaired) electrons. The Hall–Kier alpha value is -1.42. The summed E-state index contributed by atoms with van der Waals surface area (Å²) in [6.45, 7) is 3.28. The molecule has 2 heterocycles. The van der Waals surface area contributed by atoms with Crippen LogP contribution in [-0.4, -0.2) is 21.1 Å². The molecule has 0 aromatic carbocycles. The summed E-state index contributed by atoms with van der Waals surface area (Å²) < 4.78 is 1.92. The Bertz CT molecular complexity index is 530. The van der Waals surface area contributed by atoms with Gasteiger partial charge in [0, 0.05) is 24.0 Å². The molecule has 1 fully saturated rings. The van der Waals surface area contributed by atoms with Crippen molar-refractivity contribution in [3.63, 3.8) is 0 Å². The van der Waals surface area contributed by atoms with Crippen LogP contribution in [0.5, 0.6) is 0 Å². The van der Waals surface area contributed by atoms with Gasteiger partial charge in [0.2, 0.25) is 0 Å². The largest absolute Gasteiger partial charge is 0.310 e. The lowest BCUT2D eigenvalue weighted by Crippen LogP contribution is -2.26.